The van der Waals surface area contributed by atoms with E-state index >= 15 is 0 Å². The van der Waals surface area contributed by atoms with Gasteiger partial charge in [0.2, 0.25) is 0 Å². The predicted octanol–water partition coefficient (Wildman–Crippen LogP) is 2.88. The lowest BCUT2D eigenvalue weighted by molar-refractivity contribution is 0.199. The first-order valence-electron chi connectivity index (χ1n) is 6.63. The summed E-state index contributed by atoms with van der Waals surface area (Å²) in [7, 11) is 1.70. The van der Waals surface area contributed by atoms with Crippen LogP contribution in [0.1, 0.15) is 17.0 Å². The Morgan fingerprint density at radius 1 is 1.30 bits per heavy atom. The molecule has 0 aliphatic carbocycles. The number of aryl methyl sites for hydroxylation is 2. The number of halogens is 1. The van der Waals surface area contributed by atoms with Gasteiger partial charge in [0.25, 0.3) is 0 Å². The maximum absolute atomic E-state index is 6.11. The van der Waals surface area contributed by atoms with Crippen molar-refractivity contribution in [3.05, 3.63) is 46.2 Å². The van der Waals surface area contributed by atoms with Gasteiger partial charge in [-0.1, -0.05) is 11.6 Å². The van der Waals surface area contributed by atoms with Crippen molar-refractivity contribution in [3.8, 4) is 5.69 Å². The lowest BCUT2D eigenvalue weighted by Gasteiger charge is -2.12. The molecule has 1 aromatic heterocycles. The molecule has 0 bridgehead atoms. The first-order chi connectivity index (χ1) is 9.61. The fraction of sp³-hybridized carbons (Fsp3) is 0.400. The van der Waals surface area contributed by atoms with Crippen LogP contribution in [0.15, 0.2) is 24.3 Å². The summed E-state index contributed by atoms with van der Waals surface area (Å²) in [5, 5.41) is 8.61. The van der Waals surface area contributed by atoms with E-state index in [1.807, 2.05) is 29.8 Å². The van der Waals surface area contributed by atoms with E-state index in [2.05, 4.69) is 23.4 Å². The number of aromatic nitrogens is 2. The molecular weight excluding hydrogens is 274 g/mol. The maximum Gasteiger partial charge on any atom is 0.0694 e. The van der Waals surface area contributed by atoms with Crippen LogP contribution in [0.4, 0.5) is 0 Å². The number of rotatable bonds is 6. The number of ether oxygens (including phenoxy) is 1. The number of benzene rings is 1. The first kappa shape index (κ1) is 15.0. The molecule has 0 amide bonds. The average molecular weight is 294 g/mol. The largest absolute Gasteiger partial charge is 0.383 e. The SMILES string of the molecule is COCCNCc1cc(Cl)ccc1-n1nc(C)cc1C. The standard InChI is InChI=1S/C15H20ClN3O/c1-11-8-12(2)19(18-11)15-5-4-14(16)9-13(15)10-17-6-7-20-3/h4-5,8-9,17H,6-7,10H2,1-3H3. The van der Waals surface area contributed by atoms with Gasteiger partial charge in [-0.3, -0.25) is 0 Å². The van der Waals surface area contributed by atoms with E-state index < -0.39 is 0 Å². The monoisotopic (exact) mass is 293 g/mol. The molecule has 4 nitrogen and oxygen atoms in total. The fourth-order valence-corrected chi connectivity index (χ4v) is 2.37. The van der Waals surface area contributed by atoms with Gasteiger partial charge in [-0.2, -0.15) is 5.10 Å². The van der Waals surface area contributed by atoms with Crippen molar-refractivity contribution < 1.29 is 4.74 Å². The zero-order valence-electron chi connectivity index (χ0n) is 12.1. The molecule has 2 aromatic rings. The van der Waals surface area contributed by atoms with E-state index in [1.54, 1.807) is 7.11 Å². The average Bonchev–Trinajstić information content (AvgIpc) is 2.74. The molecule has 0 atom stereocenters. The van der Waals surface area contributed by atoms with Gasteiger partial charge in [0.1, 0.15) is 0 Å². The Hall–Kier alpha value is -1.36. The second kappa shape index (κ2) is 6.88. The molecule has 1 heterocycles. The van der Waals surface area contributed by atoms with E-state index in [0.29, 0.717) is 6.61 Å². The Labute approximate surface area is 124 Å². The Bertz CT molecular complexity index is 580. The normalized spacial score (nSPS) is 11.0. The van der Waals surface area contributed by atoms with Gasteiger partial charge in [0, 0.05) is 30.9 Å². The summed E-state index contributed by atoms with van der Waals surface area (Å²) in [4.78, 5) is 0. The summed E-state index contributed by atoms with van der Waals surface area (Å²) in [6, 6.07) is 7.95. The van der Waals surface area contributed by atoms with Crippen LogP contribution in [0.5, 0.6) is 0 Å². The van der Waals surface area contributed by atoms with Gasteiger partial charge in [0.05, 0.1) is 18.0 Å². The van der Waals surface area contributed by atoms with Gasteiger partial charge < -0.3 is 10.1 Å². The van der Waals surface area contributed by atoms with Crippen molar-refractivity contribution in [1.82, 2.24) is 15.1 Å². The fourth-order valence-electron chi connectivity index (χ4n) is 2.17. The number of nitrogens with zero attached hydrogens (tertiary/aromatic N) is 2. The lowest BCUT2D eigenvalue weighted by atomic mass is 10.1. The van der Waals surface area contributed by atoms with E-state index in [-0.39, 0.29) is 0 Å². The van der Waals surface area contributed by atoms with Crippen LogP contribution in [0.3, 0.4) is 0 Å². The minimum Gasteiger partial charge on any atom is -0.383 e. The topological polar surface area (TPSA) is 39.1 Å². The molecule has 0 radical (unpaired) electrons. The van der Waals surface area contributed by atoms with Gasteiger partial charge in [-0.15, -0.1) is 0 Å². The van der Waals surface area contributed by atoms with Crippen LogP contribution in [0, 0.1) is 13.8 Å². The van der Waals surface area contributed by atoms with Crippen molar-refractivity contribution in [3.63, 3.8) is 0 Å². The van der Waals surface area contributed by atoms with Crippen molar-refractivity contribution in [2.75, 3.05) is 20.3 Å². The van der Waals surface area contributed by atoms with Gasteiger partial charge in [-0.25, -0.2) is 4.68 Å². The zero-order chi connectivity index (χ0) is 14.5. The molecule has 0 spiro atoms. The molecule has 108 valence electrons. The summed E-state index contributed by atoms with van der Waals surface area (Å²) in [5.41, 5.74) is 4.31. The molecule has 1 N–H and O–H groups in total. The first-order valence-corrected chi connectivity index (χ1v) is 7.01. The lowest BCUT2D eigenvalue weighted by Crippen LogP contribution is -2.20. The molecule has 0 aliphatic heterocycles. The molecule has 2 rings (SSSR count). The van der Waals surface area contributed by atoms with Crippen molar-refractivity contribution >= 4 is 11.6 Å². The molecule has 0 aliphatic rings. The molecule has 0 unspecified atom stereocenters. The van der Waals surface area contributed by atoms with Crippen molar-refractivity contribution in [1.29, 1.82) is 0 Å². The minimum absolute atomic E-state index is 0.690. The molecule has 0 saturated heterocycles. The van der Waals surface area contributed by atoms with Crippen LogP contribution in [-0.4, -0.2) is 30.0 Å². The minimum atomic E-state index is 0.690. The summed E-state index contributed by atoms with van der Waals surface area (Å²) in [6.45, 7) is 6.28. The van der Waals surface area contributed by atoms with Gasteiger partial charge >= 0.3 is 0 Å². The highest BCUT2D eigenvalue weighted by Crippen LogP contribution is 2.21. The molecule has 0 fully saturated rings. The molecule has 0 saturated carbocycles. The third-order valence-electron chi connectivity index (χ3n) is 3.08. The number of hydrogen-bond donors (Lipinski definition) is 1. The Morgan fingerprint density at radius 2 is 2.10 bits per heavy atom. The molecular formula is C15H20ClN3O. The predicted molar refractivity (Wildman–Crippen MR) is 81.6 cm³/mol. The highest BCUT2D eigenvalue weighted by Gasteiger charge is 2.09. The van der Waals surface area contributed by atoms with E-state index in [0.717, 1.165) is 40.8 Å². The maximum atomic E-state index is 6.11. The summed E-state index contributed by atoms with van der Waals surface area (Å²) < 4.78 is 6.99. The van der Waals surface area contributed by atoms with E-state index in [9.17, 15) is 0 Å². The Kier molecular flexibility index (Phi) is 5.17. The summed E-state index contributed by atoms with van der Waals surface area (Å²) in [6.07, 6.45) is 0. The number of nitrogens with one attached hydrogen (secondary N) is 1. The smallest absolute Gasteiger partial charge is 0.0694 e. The highest BCUT2D eigenvalue weighted by atomic mass is 35.5. The third kappa shape index (κ3) is 3.60. The van der Waals surface area contributed by atoms with Gasteiger partial charge in [-0.05, 0) is 43.7 Å². The zero-order valence-corrected chi connectivity index (χ0v) is 12.9. The highest BCUT2D eigenvalue weighted by molar-refractivity contribution is 6.30. The van der Waals surface area contributed by atoms with Crippen molar-refractivity contribution in [2.45, 2.75) is 20.4 Å². The molecule has 1 aromatic carbocycles. The Balaban J connectivity index is 2.26. The quantitative estimate of drug-likeness (QED) is 0.833. The van der Waals surface area contributed by atoms with Crippen molar-refractivity contribution in [2.24, 2.45) is 0 Å². The van der Waals surface area contributed by atoms with Crippen LogP contribution in [0.25, 0.3) is 5.69 Å². The second-order valence-electron chi connectivity index (χ2n) is 4.78. The number of hydrogen-bond acceptors (Lipinski definition) is 3. The second-order valence-corrected chi connectivity index (χ2v) is 5.22. The van der Waals surface area contributed by atoms with Crippen LogP contribution < -0.4 is 5.32 Å². The third-order valence-corrected chi connectivity index (χ3v) is 3.31. The van der Waals surface area contributed by atoms with Crippen LogP contribution >= 0.6 is 11.6 Å². The summed E-state index contributed by atoms with van der Waals surface area (Å²) in [5.74, 6) is 0. The van der Waals surface area contributed by atoms with Crippen LogP contribution in [0.2, 0.25) is 5.02 Å². The van der Waals surface area contributed by atoms with E-state index in [1.165, 1.54) is 0 Å². The number of methoxy groups -OCH3 is 1. The van der Waals surface area contributed by atoms with Gasteiger partial charge in [0.15, 0.2) is 0 Å². The molecule has 20 heavy (non-hydrogen) atoms. The van der Waals surface area contributed by atoms with Crippen LogP contribution in [-0.2, 0) is 11.3 Å². The molecule has 5 heteroatoms. The summed E-state index contributed by atoms with van der Waals surface area (Å²) >= 11 is 6.11. The Morgan fingerprint density at radius 3 is 2.75 bits per heavy atom. The van der Waals surface area contributed by atoms with E-state index in [4.69, 9.17) is 16.3 Å².